The van der Waals surface area contributed by atoms with Crippen molar-refractivity contribution >= 4 is 6.09 Å². The minimum atomic E-state index is -4.71. The fourth-order valence-corrected chi connectivity index (χ4v) is 3.19. The van der Waals surface area contributed by atoms with E-state index in [0.29, 0.717) is 18.7 Å². The minimum Gasteiger partial charge on any atom is -0.445 e. The smallest absolute Gasteiger partial charge is 0.445 e. The largest absolute Gasteiger partial charge is 0.573 e. The predicted octanol–water partition coefficient (Wildman–Crippen LogP) is 2.91. The van der Waals surface area contributed by atoms with Crippen molar-refractivity contribution < 1.29 is 27.4 Å². The lowest BCUT2D eigenvalue weighted by Gasteiger charge is -2.51. The van der Waals surface area contributed by atoms with Gasteiger partial charge in [0.05, 0.1) is 0 Å². The van der Waals surface area contributed by atoms with Crippen LogP contribution < -0.4 is 10.1 Å². The first kappa shape index (κ1) is 16.9. The molecule has 8 heteroatoms. The molecule has 0 saturated carbocycles. The SMILES string of the molecule is O=C(OCc1ccc(OC(F)(F)F)cc1)N1CC2(CCNCC2)C1. The number of hydrogen-bond acceptors (Lipinski definition) is 4. The standard InChI is InChI=1S/C16H19F3N2O3/c17-16(18,19)24-13-3-1-12(2-4-13)9-23-14(22)21-10-15(11-21)5-7-20-8-6-15/h1-4,20H,5-11H2. The summed E-state index contributed by atoms with van der Waals surface area (Å²) in [5.74, 6) is -0.298. The number of rotatable bonds is 3. The molecule has 0 aliphatic carbocycles. The van der Waals surface area contributed by atoms with Gasteiger partial charge in [-0.2, -0.15) is 0 Å². The number of hydrogen-bond donors (Lipinski definition) is 1. The lowest BCUT2D eigenvalue weighted by molar-refractivity contribution is -0.274. The van der Waals surface area contributed by atoms with Gasteiger partial charge in [0.1, 0.15) is 12.4 Å². The zero-order valence-corrected chi connectivity index (χ0v) is 13.1. The molecule has 3 rings (SSSR count). The van der Waals surface area contributed by atoms with E-state index < -0.39 is 6.36 Å². The van der Waals surface area contributed by atoms with Crippen LogP contribution in [0.1, 0.15) is 18.4 Å². The van der Waals surface area contributed by atoms with Crippen LogP contribution in [0.5, 0.6) is 5.75 Å². The molecule has 1 aromatic carbocycles. The summed E-state index contributed by atoms with van der Waals surface area (Å²) in [7, 11) is 0. The van der Waals surface area contributed by atoms with Gasteiger partial charge >= 0.3 is 12.5 Å². The number of carbonyl (C=O) groups is 1. The summed E-state index contributed by atoms with van der Waals surface area (Å²) < 4.78 is 45.2. The minimum absolute atomic E-state index is 0.0240. The average Bonchev–Trinajstić information content (AvgIpc) is 2.51. The van der Waals surface area contributed by atoms with Crippen LogP contribution in [-0.4, -0.2) is 43.5 Å². The van der Waals surface area contributed by atoms with E-state index in [1.807, 2.05) is 0 Å². The molecular formula is C16H19F3N2O3. The van der Waals surface area contributed by atoms with Gasteiger partial charge in [-0.3, -0.25) is 0 Å². The van der Waals surface area contributed by atoms with Crippen molar-refractivity contribution in [2.45, 2.75) is 25.8 Å². The molecule has 132 valence electrons. The Morgan fingerprint density at radius 3 is 2.38 bits per heavy atom. The van der Waals surface area contributed by atoms with Gasteiger partial charge in [-0.1, -0.05) is 12.1 Å². The molecule has 1 N–H and O–H groups in total. The van der Waals surface area contributed by atoms with Crippen molar-refractivity contribution in [3.63, 3.8) is 0 Å². The number of benzene rings is 1. The maximum absolute atomic E-state index is 12.1. The number of likely N-dealkylation sites (tertiary alicyclic amines) is 1. The Morgan fingerprint density at radius 2 is 1.79 bits per heavy atom. The van der Waals surface area contributed by atoms with E-state index in [9.17, 15) is 18.0 Å². The maximum atomic E-state index is 12.1. The molecule has 0 aromatic heterocycles. The highest BCUT2D eigenvalue weighted by Crippen LogP contribution is 2.38. The molecule has 2 aliphatic rings. The summed E-state index contributed by atoms with van der Waals surface area (Å²) in [6.07, 6.45) is -2.96. The Kier molecular flexibility index (Phi) is 4.58. The topological polar surface area (TPSA) is 50.8 Å². The summed E-state index contributed by atoms with van der Waals surface area (Å²) in [5, 5.41) is 3.30. The van der Waals surface area contributed by atoms with E-state index in [4.69, 9.17) is 4.74 Å². The molecular weight excluding hydrogens is 325 g/mol. The molecule has 2 heterocycles. The number of nitrogens with zero attached hydrogens (tertiary/aromatic N) is 1. The monoisotopic (exact) mass is 344 g/mol. The fraction of sp³-hybridized carbons (Fsp3) is 0.562. The number of piperidine rings is 1. The molecule has 0 unspecified atom stereocenters. The van der Waals surface area contributed by atoms with Gasteiger partial charge in [0.25, 0.3) is 0 Å². The molecule has 1 amide bonds. The number of halogens is 3. The zero-order valence-electron chi connectivity index (χ0n) is 13.1. The van der Waals surface area contributed by atoms with Crippen LogP contribution in [0.2, 0.25) is 0 Å². The van der Waals surface area contributed by atoms with Crippen LogP contribution >= 0.6 is 0 Å². The highest BCUT2D eigenvalue weighted by molar-refractivity contribution is 5.69. The van der Waals surface area contributed by atoms with Gasteiger partial charge in [0, 0.05) is 18.5 Å². The van der Waals surface area contributed by atoms with Gasteiger partial charge in [-0.15, -0.1) is 13.2 Å². The number of ether oxygens (including phenoxy) is 2. The molecule has 24 heavy (non-hydrogen) atoms. The van der Waals surface area contributed by atoms with Gasteiger partial charge in [-0.05, 0) is 43.6 Å². The predicted molar refractivity (Wildman–Crippen MR) is 79.4 cm³/mol. The zero-order chi connectivity index (χ0) is 17.2. The van der Waals surface area contributed by atoms with Crippen LogP contribution in [0.3, 0.4) is 0 Å². The highest BCUT2D eigenvalue weighted by atomic mass is 19.4. The maximum Gasteiger partial charge on any atom is 0.573 e. The molecule has 2 aliphatic heterocycles. The van der Waals surface area contributed by atoms with Gasteiger partial charge < -0.3 is 19.7 Å². The first-order chi connectivity index (χ1) is 11.4. The number of nitrogens with one attached hydrogen (secondary N) is 1. The number of carbonyl (C=O) groups excluding carboxylic acids is 1. The lowest BCUT2D eigenvalue weighted by atomic mass is 9.73. The second-order valence-corrected chi connectivity index (χ2v) is 6.35. The Morgan fingerprint density at radius 1 is 1.17 bits per heavy atom. The third-order valence-electron chi connectivity index (χ3n) is 4.49. The number of amides is 1. The molecule has 1 aromatic rings. The van der Waals surface area contributed by atoms with Crippen molar-refractivity contribution in [3.8, 4) is 5.75 Å². The molecule has 5 nitrogen and oxygen atoms in total. The third-order valence-corrected chi connectivity index (χ3v) is 4.49. The van der Waals surface area contributed by atoms with E-state index >= 15 is 0 Å². The molecule has 1 spiro atoms. The van der Waals surface area contributed by atoms with Crippen molar-refractivity contribution in [3.05, 3.63) is 29.8 Å². The van der Waals surface area contributed by atoms with Crippen molar-refractivity contribution in [2.24, 2.45) is 5.41 Å². The van der Waals surface area contributed by atoms with Crippen LogP contribution in [0.4, 0.5) is 18.0 Å². The average molecular weight is 344 g/mol. The van der Waals surface area contributed by atoms with Crippen molar-refractivity contribution in [1.29, 1.82) is 0 Å². The van der Waals surface area contributed by atoms with E-state index in [1.54, 1.807) is 4.90 Å². The molecule has 2 saturated heterocycles. The van der Waals surface area contributed by atoms with Crippen LogP contribution in [0.25, 0.3) is 0 Å². The summed E-state index contributed by atoms with van der Waals surface area (Å²) >= 11 is 0. The molecule has 0 radical (unpaired) electrons. The third kappa shape index (κ3) is 4.11. The fourth-order valence-electron chi connectivity index (χ4n) is 3.19. The van der Waals surface area contributed by atoms with Crippen LogP contribution in [-0.2, 0) is 11.3 Å². The van der Waals surface area contributed by atoms with E-state index in [1.165, 1.54) is 24.3 Å². The second-order valence-electron chi connectivity index (χ2n) is 6.35. The highest BCUT2D eigenvalue weighted by Gasteiger charge is 2.46. The Labute approximate surface area is 137 Å². The van der Waals surface area contributed by atoms with E-state index in [-0.39, 0.29) is 23.9 Å². The quantitative estimate of drug-likeness (QED) is 0.916. The summed E-state index contributed by atoms with van der Waals surface area (Å²) in [4.78, 5) is 13.7. The lowest BCUT2D eigenvalue weighted by Crippen LogP contribution is -2.61. The Balaban J connectivity index is 1.43. The van der Waals surface area contributed by atoms with Gasteiger partial charge in [0.2, 0.25) is 0 Å². The first-order valence-corrected chi connectivity index (χ1v) is 7.82. The Bertz CT molecular complexity index is 575. The summed E-state index contributed by atoms with van der Waals surface area (Å²) in [6.45, 7) is 3.42. The van der Waals surface area contributed by atoms with Gasteiger partial charge in [-0.25, -0.2) is 4.79 Å². The normalized spacial score (nSPS) is 19.7. The molecule has 0 bridgehead atoms. The summed E-state index contributed by atoms with van der Waals surface area (Å²) in [6, 6.07) is 5.28. The van der Waals surface area contributed by atoms with Crippen molar-refractivity contribution in [1.82, 2.24) is 10.2 Å². The van der Waals surface area contributed by atoms with Crippen molar-refractivity contribution in [2.75, 3.05) is 26.2 Å². The molecule has 2 fully saturated rings. The van der Waals surface area contributed by atoms with Gasteiger partial charge in [0.15, 0.2) is 0 Å². The van der Waals surface area contributed by atoms with Crippen LogP contribution in [0, 0.1) is 5.41 Å². The van der Waals surface area contributed by atoms with E-state index in [0.717, 1.165) is 25.9 Å². The van der Waals surface area contributed by atoms with Crippen LogP contribution in [0.15, 0.2) is 24.3 Å². The Hall–Kier alpha value is -1.96. The first-order valence-electron chi connectivity index (χ1n) is 7.82. The number of alkyl halides is 3. The summed E-state index contributed by atoms with van der Waals surface area (Å²) in [5.41, 5.74) is 0.843. The second kappa shape index (κ2) is 6.51. The molecule has 0 atom stereocenters. The van der Waals surface area contributed by atoms with E-state index in [2.05, 4.69) is 10.1 Å².